The molecule has 236 valence electrons. The number of nitrogens with one attached hydrogen (secondary N) is 1. The molecular weight excluding hydrogens is 583 g/mol. The molecule has 1 aliphatic rings. The third kappa shape index (κ3) is 8.30. The van der Waals surface area contributed by atoms with Crippen LogP contribution in [0.2, 0.25) is 0 Å². The van der Waals surface area contributed by atoms with E-state index >= 15 is 0 Å². The molecule has 4 aromatic rings. The number of likely N-dealkylation sites (tertiary alicyclic amines) is 1. The molecule has 5 rings (SSSR count). The van der Waals surface area contributed by atoms with Gasteiger partial charge in [-0.05, 0) is 94.2 Å². The fourth-order valence-corrected chi connectivity index (χ4v) is 5.60. The summed E-state index contributed by atoms with van der Waals surface area (Å²) in [6.45, 7) is 7.75. The summed E-state index contributed by atoms with van der Waals surface area (Å²) in [6, 6.07) is 12.7. The average Bonchev–Trinajstić information content (AvgIpc) is 2.97. The minimum atomic E-state index is -0.809. The van der Waals surface area contributed by atoms with E-state index in [4.69, 9.17) is 9.47 Å². The van der Waals surface area contributed by atoms with Crippen LogP contribution in [0, 0.1) is 44.1 Å². The van der Waals surface area contributed by atoms with Crippen LogP contribution in [0.25, 0.3) is 0 Å². The number of carbonyl (C=O) groups excluding carboxylic acids is 1. The first-order chi connectivity index (χ1) is 21.5. The van der Waals surface area contributed by atoms with E-state index in [0.29, 0.717) is 24.0 Å². The van der Waals surface area contributed by atoms with Gasteiger partial charge in [0.05, 0.1) is 13.2 Å². The molecule has 1 saturated heterocycles. The third-order valence-corrected chi connectivity index (χ3v) is 7.58. The van der Waals surface area contributed by atoms with Gasteiger partial charge in [0.1, 0.15) is 23.2 Å². The van der Waals surface area contributed by atoms with Gasteiger partial charge in [0.15, 0.2) is 11.6 Å². The Morgan fingerprint density at radius 2 is 1.76 bits per heavy atom. The summed E-state index contributed by atoms with van der Waals surface area (Å²) in [6.07, 6.45) is 2.74. The lowest BCUT2D eigenvalue weighted by Gasteiger charge is -2.29. The molecule has 3 aromatic carbocycles. The summed E-state index contributed by atoms with van der Waals surface area (Å²) >= 11 is 0. The number of hydrogen-bond acceptors (Lipinski definition) is 7. The van der Waals surface area contributed by atoms with Crippen LogP contribution in [0.4, 0.5) is 35.4 Å². The lowest BCUT2D eigenvalue weighted by Crippen LogP contribution is -2.34. The molecule has 8 nitrogen and oxygen atoms in total. The van der Waals surface area contributed by atoms with E-state index in [2.05, 4.69) is 27.2 Å². The standard InChI is InChI=1S/C34H36F3N5O3/c1-21-12-22(2)32(23(3)13-21)45-34(43)42(19-25-14-26(35)16-27(36)15-25)31-9-10-38-33(40-31)39-28-7-8-30(29(37)17-28)44-20-24-6-5-11-41(4)18-24/h7-10,12-17,24H,5-6,11,18-20H2,1-4H3,(H,38,39,40). The van der Waals surface area contributed by atoms with E-state index in [1.54, 1.807) is 12.1 Å². The Balaban J connectivity index is 1.36. The Labute approximate surface area is 260 Å². The van der Waals surface area contributed by atoms with Crippen LogP contribution < -0.4 is 19.7 Å². The van der Waals surface area contributed by atoms with Gasteiger partial charge in [0.2, 0.25) is 5.95 Å². The maximum atomic E-state index is 15.0. The molecule has 0 saturated carbocycles. The molecule has 1 amide bonds. The summed E-state index contributed by atoms with van der Waals surface area (Å²) in [5.41, 5.74) is 3.07. The molecule has 0 bridgehead atoms. The van der Waals surface area contributed by atoms with Gasteiger partial charge in [-0.1, -0.05) is 17.7 Å². The highest BCUT2D eigenvalue weighted by Crippen LogP contribution is 2.28. The fraction of sp³-hybridized carbons (Fsp3) is 0.324. The van der Waals surface area contributed by atoms with Gasteiger partial charge < -0.3 is 19.7 Å². The minimum Gasteiger partial charge on any atom is -0.490 e. The second-order valence-electron chi connectivity index (χ2n) is 11.5. The zero-order chi connectivity index (χ0) is 32.1. The van der Waals surface area contributed by atoms with Gasteiger partial charge in [0, 0.05) is 36.5 Å². The summed E-state index contributed by atoms with van der Waals surface area (Å²) in [5.74, 6) is -1.07. The number of piperidine rings is 1. The number of ether oxygens (including phenoxy) is 2. The first-order valence-electron chi connectivity index (χ1n) is 14.8. The quantitative estimate of drug-likeness (QED) is 0.208. The van der Waals surface area contributed by atoms with Crippen molar-refractivity contribution in [2.45, 2.75) is 40.2 Å². The molecule has 1 fully saturated rings. The monoisotopic (exact) mass is 619 g/mol. The van der Waals surface area contributed by atoms with E-state index in [-0.39, 0.29) is 29.6 Å². The average molecular weight is 620 g/mol. The number of amides is 1. The maximum absolute atomic E-state index is 15.0. The second-order valence-corrected chi connectivity index (χ2v) is 11.5. The van der Waals surface area contributed by atoms with Crippen molar-refractivity contribution >= 4 is 23.5 Å². The first-order valence-corrected chi connectivity index (χ1v) is 14.8. The van der Waals surface area contributed by atoms with Crippen LogP contribution in [0.1, 0.15) is 35.1 Å². The number of hydrogen-bond donors (Lipinski definition) is 1. The Kier molecular flexibility index (Phi) is 9.87. The number of aryl methyl sites for hydroxylation is 3. The third-order valence-electron chi connectivity index (χ3n) is 7.58. The number of aromatic nitrogens is 2. The number of halogens is 3. The van der Waals surface area contributed by atoms with E-state index < -0.39 is 23.5 Å². The molecule has 0 aliphatic carbocycles. The Morgan fingerprint density at radius 1 is 1.02 bits per heavy atom. The van der Waals surface area contributed by atoms with Crippen molar-refractivity contribution in [3.05, 3.63) is 100 Å². The van der Waals surface area contributed by atoms with E-state index in [0.717, 1.165) is 65.7 Å². The minimum absolute atomic E-state index is 0.0664. The second kappa shape index (κ2) is 14.0. The van der Waals surface area contributed by atoms with Crippen molar-refractivity contribution in [2.75, 3.05) is 37.0 Å². The molecule has 1 aliphatic heterocycles. The largest absolute Gasteiger partial charge is 0.490 e. The molecule has 45 heavy (non-hydrogen) atoms. The van der Waals surface area contributed by atoms with E-state index in [9.17, 15) is 18.0 Å². The van der Waals surface area contributed by atoms with Gasteiger partial charge >= 0.3 is 6.09 Å². The summed E-state index contributed by atoms with van der Waals surface area (Å²) in [4.78, 5) is 25.6. The van der Waals surface area contributed by atoms with Crippen LogP contribution in [0.3, 0.4) is 0 Å². The van der Waals surface area contributed by atoms with Crippen molar-refractivity contribution in [3.8, 4) is 11.5 Å². The van der Waals surface area contributed by atoms with Crippen molar-refractivity contribution < 1.29 is 27.4 Å². The molecule has 1 aromatic heterocycles. The fourth-order valence-electron chi connectivity index (χ4n) is 5.60. The summed E-state index contributed by atoms with van der Waals surface area (Å²) < 4.78 is 54.6. The van der Waals surface area contributed by atoms with Gasteiger partial charge in [-0.25, -0.2) is 22.9 Å². The molecule has 2 heterocycles. The number of anilines is 3. The molecule has 1 atom stereocenters. The lowest BCUT2D eigenvalue weighted by molar-refractivity contribution is 0.147. The summed E-state index contributed by atoms with van der Waals surface area (Å²) in [7, 11) is 2.07. The summed E-state index contributed by atoms with van der Waals surface area (Å²) in [5, 5.41) is 2.95. The Bertz CT molecular complexity index is 1640. The van der Waals surface area contributed by atoms with Crippen LogP contribution >= 0.6 is 0 Å². The van der Waals surface area contributed by atoms with Crippen molar-refractivity contribution in [2.24, 2.45) is 5.92 Å². The first kappa shape index (κ1) is 31.8. The van der Waals surface area contributed by atoms with Crippen LogP contribution in [-0.2, 0) is 6.54 Å². The highest BCUT2D eigenvalue weighted by Gasteiger charge is 2.23. The zero-order valence-corrected chi connectivity index (χ0v) is 25.7. The molecule has 0 radical (unpaired) electrons. The number of nitrogens with zero attached hydrogens (tertiary/aromatic N) is 4. The highest BCUT2D eigenvalue weighted by atomic mass is 19.1. The molecule has 1 unspecified atom stereocenters. The smallest absolute Gasteiger partial charge is 0.421 e. The van der Waals surface area contributed by atoms with E-state index in [1.165, 1.54) is 18.3 Å². The van der Waals surface area contributed by atoms with Gasteiger partial charge in [0.25, 0.3) is 0 Å². The predicted octanol–water partition coefficient (Wildman–Crippen LogP) is 7.49. The lowest BCUT2D eigenvalue weighted by atomic mass is 10.00. The number of carbonyl (C=O) groups is 1. The van der Waals surface area contributed by atoms with E-state index in [1.807, 2.05) is 32.9 Å². The van der Waals surface area contributed by atoms with Gasteiger partial charge in [-0.15, -0.1) is 0 Å². The van der Waals surface area contributed by atoms with Crippen molar-refractivity contribution in [1.82, 2.24) is 14.9 Å². The topological polar surface area (TPSA) is 79.8 Å². The Hall–Kier alpha value is -4.64. The maximum Gasteiger partial charge on any atom is 0.421 e. The van der Waals surface area contributed by atoms with Crippen molar-refractivity contribution in [1.29, 1.82) is 0 Å². The Morgan fingerprint density at radius 3 is 2.44 bits per heavy atom. The van der Waals surface area contributed by atoms with Crippen LogP contribution in [0.15, 0.2) is 60.8 Å². The molecule has 1 N–H and O–H groups in total. The number of benzene rings is 3. The zero-order valence-electron chi connectivity index (χ0n) is 25.7. The van der Waals surface area contributed by atoms with Crippen LogP contribution in [-0.4, -0.2) is 47.7 Å². The van der Waals surface area contributed by atoms with Gasteiger partial charge in [-0.3, -0.25) is 4.90 Å². The SMILES string of the molecule is Cc1cc(C)c(OC(=O)N(Cc2cc(F)cc(F)c2)c2ccnc(Nc3ccc(OCC4CCCN(C)C4)c(F)c3)n2)c(C)c1. The molecular formula is C34H36F3N5O3. The highest BCUT2D eigenvalue weighted by molar-refractivity contribution is 5.88. The number of rotatable bonds is 9. The molecule has 11 heteroatoms. The van der Waals surface area contributed by atoms with Gasteiger partial charge in [-0.2, -0.15) is 4.98 Å². The van der Waals surface area contributed by atoms with Crippen molar-refractivity contribution in [3.63, 3.8) is 0 Å². The normalized spacial score (nSPS) is 15.0. The van der Waals surface area contributed by atoms with Crippen LogP contribution in [0.5, 0.6) is 11.5 Å². The molecule has 0 spiro atoms. The predicted molar refractivity (Wildman–Crippen MR) is 167 cm³/mol.